The summed E-state index contributed by atoms with van der Waals surface area (Å²) in [5.74, 6) is 0.714. The Hall–Kier alpha value is -1.74. The number of aliphatic hydroxyl groups excluding tert-OH is 1. The third kappa shape index (κ3) is 2.68. The molecule has 0 radical (unpaired) electrons. The van der Waals surface area contributed by atoms with Gasteiger partial charge in [-0.05, 0) is 30.7 Å². The third-order valence-electron chi connectivity index (χ3n) is 2.75. The summed E-state index contributed by atoms with van der Waals surface area (Å²) in [6.07, 6.45) is 3.19. The van der Waals surface area contributed by atoms with Crippen LogP contribution in [0.1, 0.15) is 22.8 Å². The van der Waals surface area contributed by atoms with Crippen LogP contribution in [0.15, 0.2) is 41.2 Å². The van der Waals surface area contributed by atoms with E-state index >= 15 is 0 Å². The highest BCUT2D eigenvalue weighted by atomic mass is 16.5. The lowest BCUT2D eigenvalue weighted by Gasteiger charge is -2.14. The van der Waals surface area contributed by atoms with Crippen LogP contribution in [0.25, 0.3) is 0 Å². The van der Waals surface area contributed by atoms with Gasteiger partial charge in [-0.25, -0.2) is 0 Å². The Bertz CT molecular complexity index is 474. The van der Waals surface area contributed by atoms with Gasteiger partial charge in [-0.3, -0.25) is 0 Å². The number of benzene rings is 1. The molecular formula is C14H16O3. The van der Waals surface area contributed by atoms with Crippen molar-refractivity contribution in [3.63, 3.8) is 0 Å². The topological polar surface area (TPSA) is 42.6 Å². The van der Waals surface area contributed by atoms with Gasteiger partial charge in [-0.1, -0.05) is 11.6 Å². The Morgan fingerprint density at radius 2 is 2.18 bits per heavy atom. The molecule has 0 aliphatic heterocycles. The van der Waals surface area contributed by atoms with E-state index in [1.54, 1.807) is 19.6 Å². The molecule has 1 N–H and O–H groups in total. The molecule has 0 saturated heterocycles. The number of ether oxygens (including phenoxy) is 1. The van der Waals surface area contributed by atoms with Crippen molar-refractivity contribution in [3.8, 4) is 5.75 Å². The van der Waals surface area contributed by atoms with Gasteiger partial charge in [0, 0.05) is 12.0 Å². The van der Waals surface area contributed by atoms with Gasteiger partial charge in [-0.15, -0.1) is 0 Å². The number of hydrogen-bond donors (Lipinski definition) is 1. The zero-order valence-electron chi connectivity index (χ0n) is 10.0. The van der Waals surface area contributed by atoms with Crippen LogP contribution in [0, 0.1) is 6.92 Å². The predicted molar refractivity (Wildman–Crippen MR) is 65.1 cm³/mol. The summed E-state index contributed by atoms with van der Waals surface area (Å²) in [6, 6.07) is 7.64. The molecule has 1 aromatic heterocycles. The molecule has 2 rings (SSSR count). The Labute approximate surface area is 101 Å². The van der Waals surface area contributed by atoms with Gasteiger partial charge in [0.1, 0.15) is 5.75 Å². The van der Waals surface area contributed by atoms with Crippen LogP contribution in [0.3, 0.4) is 0 Å². The zero-order valence-corrected chi connectivity index (χ0v) is 10.0. The summed E-state index contributed by atoms with van der Waals surface area (Å²) in [5.41, 5.74) is 2.89. The van der Waals surface area contributed by atoms with Crippen LogP contribution >= 0.6 is 0 Å². The highest BCUT2D eigenvalue weighted by molar-refractivity contribution is 5.39. The molecular weight excluding hydrogens is 216 g/mol. The average Bonchev–Trinajstić information content (AvgIpc) is 2.81. The highest BCUT2D eigenvalue weighted by Gasteiger charge is 2.14. The van der Waals surface area contributed by atoms with Crippen molar-refractivity contribution in [2.24, 2.45) is 0 Å². The molecule has 0 fully saturated rings. The van der Waals surface area contributed by atoms with Crippen LogP contribution in [0.5, 0.6) is 5.75 Å². The summed E-state index contributed by atoms with van der Waals surface area (Å²) >= 11 is 0. The van der Waals surface area contributed by atoms with Gasteiger partial charge in [-0.2, -0.15) is 0 Å². The van der Waals surface area contributed by atoms with E-state index in [9.17, 15) is 5.11 Å². The van der Waals surface area contributed by atoms with Crippen LogP contribution < -0.4 is 4.74 Å². The number of aryl methyl sites for hydroxylation is 1. The summed E-state index contributed by atoms with van der Waals surface area (Å²) in [6.45, 7) is 1.99. The molecule has 17 heavy (non-hydrogen) atoms. The van der Waals surface area contributed by atoms with Crippen molar-refractivity contribution < 1.29 is 14.3 Å². The predicted octanol–water partition coefficient (Wildman–Crippen LogP) is 2.87. The summed E-state index contributed by atoms with van der Waals surface area (Å²) in [7, 11) is 1.61. The Balaban J connectivity index is 2.23. The first-order chi connectivity index (χ1) is 8.20. The summed E-state index contributed by atoms with van der Waals surface area (Å²) in [5, 5.41) is 10.2. The van der Waals surface area contributed by atoms with E-state index in [-0.39, 0.29) is 0 Å². The van der Waals surface area contributed by atoms with E-state index in [4.69, 9.17) is 9.15 Å². The Kier molecular flexibility index (Phi) is 3.49. The number of methoxy groups -OCH3 is 1. The quantitative estimate of drug-likeness (QED) is 0.881. The fourth-order valence-corrected chi connectivity index (χ4v) is 1.86. The van der Waals surface area contributed by atoms with Crippen molar-refractivity contribution in [3.05, 3.63) is 53.5 Å². The summed E-state index contributed by atoms with van der Waals surface area (Å²) < 4.78 is 10.2. The second-order valence-corrected chi connectivity index (χ2v) is 4.10. The highest BCUT2D eigenvalue weighted by Crippen LogP contribution is 2.28. The molecule has 0 saturated carbocycles. The van der Waals surface area contributed by atoms with E-state index in [1.807, 2.05) is 31.2 Å². The Morgan fingerprint density at radius 1 is 1.35 bits per heavy atom. The van der Waals surface area contributed by atoms with Crippen molar-refractivity contribution in [2.75, 3.05) is 7.11 Å². The molecule has 0 aliphatic carbocycles. The van der Waals surface area contributed by atoms with Crippen LogP contribution in [0.2, 0.25) is 0 Å². The third-order valence-corrected chi connectivity index (χ3v) is 2.75. The van der Waals surface area contributed by atoms with Gasteiger partial charge in [0.05, 0.1) is 25.7 Å². The minimum atomic E-state index is -0.581. The molecule has 0 spiro atoms. The monoisotopic (exact) mass is 232 g/mol. The van der Waals surface area contributed by atoms with Gasteiger partial charge in [0.25, 0.3) is 0 Å². The van der Waals surface area contributed by atoms with Gasteiger partial charge in [0.15, 0.2) is 0 Å². The number of hydrogen-bond acceptors (Lipinski definition) is 3. The van der Waals surface area contributed by atoms with Crippen LogP contribution in [-0.2, 0) is 6.42 Å². The molecule has 3 heteroatoms. The standard InChI is InChI=1S/C14H16O3/c1-10-3-4-14(16-2)12(7-10)13(15)8-11-5-6-17-9-11/h3-7,9,13,15H,8H2,1-2H3. The Morgan fingerprint density at radius 3 is 2.82 bits per heavy atom. The number of furan rings is 1. The first-order valence-electron chi connectivity index (χ1n) is 5.54. The van der Waals surface area contributed by atoms with Gasteiger partial charge >= 0.3 is 0 Å². The fourth-order valence-electron chi connectivity index (χ4n) is 1.86. The van der Waals surface area contributed by atoms with Gasteiger partial charge < -0.3 is 14.3 Å². The molecule has 1 atom stereocenters. The van der Waals surface area contributed by atoms with E-state index in [0.717, 1.165) is 16.7 Å². The first-order valence-corrected chi connectivity index (χ1v) is 5.54. The molecule has 2 aromatic rings. The van der Waals surface area contributed by atoms with Gasteiger partial charge in [0.2, 0.25) is 0 Å². The molecule has 0 aliphatic rings. The minimum absolute atomic E-state index is 0.524. The fraction of sp³-hybridized carbons (Fsp3) is 0.286. The molecule has 3 nitrogen and oxygen atoms in total. The number of aliphatic hydroxyl groups is 1. The van der Waals surface area contributed by atoms with E-state index in [2.05, 4.69) is 0 Å². The SMILES string of the molecule is COc1ccc(C)cc1C(O)Cc1ccoc1. The van der Waals surface area contributed by atoms with Crippen LogP contribution in [-0.4, -0.2) is 12.2 Å². The second-order valence-electron chi connectivity index (χ2n) is 4.10. The van der Waals surface area contributed by atoms with Crippen molar-refractivity contribution in [2.45, 2.75) is 19.4 Å². The molecule has 1 unspecified atom stereocenters. The maximum absolute atomic E-state index is 10.2. The maximum Gasteiger partial charge on any atom is 0.124 e. The average molecular weight is 232 g/mol. The normalized spacial score (nSPS) is 12.4. The second kappa shape index (κ2) is 5.06. The first kappa shape index (κ1) is 11.7. The lowest BCUT2D eigenvalue weighted by atomic mass is 10.0. The van der Waals surface area contributed by atoms with E-state index in [1.165, 1.54) is 0 Å². The molecule has 0 bridgehead atoms. The zero-order chi connectivity index (χ0) is 12.3. The minimum Gasteiger partial charge on any atom is -0.496 e. The summed E-state index contributed by atoms with van der Waals surface area (Å²) in [4.78, 5) is 0. The van der Waals surface area contributed by atoms with Crippen molar-refractivity contribution in [1.29, 1.82) is 0 Å². The van der Waals surface area contributed by atoms with E-state index < -0.39 is 6.10 Å². The van der Waals surface area contributed by atoms with E-state index in [0.29, 0.717) is 12.2 Å². The molecule has 1 aromatic carbocycles. The smallest absolute Gasteiger partial charge is 0.124 e. The van der Waals surface area contributed by atoms with Crippen molar-refractivity contribution in [1.82, 2.24) is 0 Å². The van der Waals surface area contributed by atoms with Crippen molar-refractivity contribution >= 4 is 0 Å². The molecule has 90 valence electrons. The lowest BCUT2D eigenvalue weighted by molar-refractivity contribution is 0.173. The molecule has 0 amide bonds. The largest absolute Gasteiger partial charge is 0.496 e. The number of rotatable bonds is 4. The molecule has 1 heterocycles. The lowest BCUT2D eigenvalue weighted by Crippen LogP contribution is -2.04. The van der Waals surface area contributed by atoms with Crippen LogP contribution in [0.4, 0.5) is 0 Å². The maximum atomic E-state index is 10.2.